The summed E-state index contributed by atoms with van der Waals surface area (Å²) >= 11 is 1.81. The summed E-state index contributed by atoms with van der Waals surface area (Å²) in [5.74, 6) is 0.709. The lowest BCUT2D eigenvalue weighted by molar-refractivity contribution is -0.121. The number of carbonyl (C=O) groups excluding carboxylic acids is 2. The summed E-state index contributed by atoms with van der Waals surface area (Å²) in [7, 11) is 0. The fraction of sp³-hybridized carbons (Fsp3) is 0.529. The van der Waals surface area contributed by atoms with Crippen LogP contribution in [-0.2, 0) is 14.9 Å². The Morgan fingerprint density at radius 3 is 2.56 bits per heavy atom. The standard InChI is InChI=1S/C34H44N4O4S/c1-34(2)24-32(39)38(25-42-33(40)37-15-4-3-5-16-37)30-23-26(11-12-28(30)34)41-21-7-6-14-35-17-19-36(20-18-35)29-9-8-10-31-27(29)13-22-43-31/h8-13,22-23H,3-7,14-21,24-25H2,1-2H3. The van der Waals surface area contributed by atoms with Crippen molar-refractivity contribution < 1.29 is 19.1 Å². The second-order valence-electron chi connectivity index (χ2n) is 12.6. The van der Waals surface area contributed by atoms with Crippen LogP contribution in [0.25, 0.3) is 10.1 Å². The number of nitrogens with zero attached hydrogens (tertiary/aromatic N) is 4. The van der Waals surface area contributed by atoms with Gasteiger partial charge in [-0.3, -0.25) is 14.6 Å². The van der Waals surface area contributed by atoms with E-state index in [0.29, 0.717) is 13.0 Å². The molecule has 9 heteroatoms. The Morgan fingerprint density at radius 1 is 0.930 bits per heavy atom. The van der Waals surface area contributed by atoms with Crippen LogP contribution in [0.4, 0.5) is 16.2 Å². The Morgan fingerprint density at radius 2 is 1.74 bits per heavy atom. The number of fused-ring (bicyclic) bond motifs is 2. The monoisotopic (exact) mass is 604 g/mol. The maximum atomic E-state index is 13.1. The highest BCUT2D eigenvalue weighted by atomic mass is 32.1. The molecule has 0 atom stereocenters. The fourth-order valence-corrected chi connectivity index (χ4v) is 7.43. The molecule has 3 aromatic rings. The molecule has 0 radical (unpaired) electrons. The second-order valence-corrected chi connectivity index (χ2v) is 13.6. The average molecular weight is 605 g/mol. The Bertz CT molecular complexity index is 1420. The van der Waals surface area contributed by atoms with Gasteiger partial charge >= 0.3 is 6.09 Å². The summed E-state index contributed by atoms with van der Waals surface area (Å²) in [6.45, 7) is 11.5. The molecule has 2 saturated heterocycles. The van der Waals surface area contributed by atoms with Crippen LogP contribution in [0.2, 0.25) is 0 Å². The number of ether oxygens (including phenoxy) is 2. The Labute approximate surface area is 259 Å². The van der Waals surface area contributed by atoms with Crippen LogP contribution < -0.4 is 14.5 Å². The van der Waals surface area contributed by atoms with E-state index in [0.717, 1.165) is 94.9 Å². The zero-order chi connectivity index (χ0) is 29.8. The van der Waals surface area contributed by atoms with E-state index in [-0.39, 0.29) is 24.1 Å². The van der Waals surface area contributed by atoms with Gasteiger partial charge in [0.2, 0.25) is 5.91 Å². The van der Waals surface area contributed by atoms with Gasteiger partial charge in [0.05, 0.1) is 12.3 Å². The molecule has 2 aromatic carbocycles. The average Bonchev–Trinajstić information content (AvgIpc) is 3.50. The topological polar surface area (TPSA) is 65.6 Å². The summed E-state index contributed by atoms with van der Waals surface area (Å²) in [5, 5.41) is 3.55. The molecule has 3 aliphatic rings. The number of anilines is 2. The lowest BCUT2D eigenvalue weighted by atomic mass is 9.77. The van der Waals surface area contributed by atoms with Crippen molar-refractivity contribution in [2.24, 2.45) is 0 Å². The van der Waals surface area contributed by atoms with Crippen molar-refractivity contribution in [3.63, 3.8) is 0 Å². The fourth-order valence-electron chi connectivity index (χ4n) is 6.62. The molecule has 1 aromatic heterocycles. The molecule has 230 valence electrons. The van der Waals surface area contributed by atoms with Crippen LogP contribution in [0, 0.1) is 0 Å². The number of benzene rings is 2. The lowest BCUT2D eigenvalue weighted by Gasteiger charge is -2.38. The predicted molar refractivity (Wildman–Crippen MR) is 174 cm³/mol. The van der Waals surface area contributed by atoms with Crippen LogP contribution in [-0.4, -0.2) is 81.0 Å². The number of unbranched alkanes of at least 4 members (excludes halogenated alkanes) is 1. The zero-order valence-corrected chi connectivity index (χ0v) is 26.4. The highest BCUT2D eigenvalue weighted by Crippen LogP contribution is 2.42. The first-order valence-corrected chi connectivity index (χ1v) is 16.7. The van der Waals surface area contributed by atoms with Crippen LogP contribution >= 0.6 is 11.3 Å². The van der Waals surface area contributed by atoms with Gasteiger partial charge < -0.3 is 19.3 Å². The van der Waals surface area contributed by atoms with Gasteiger partial charge in [-0.25, -0.2) is 4.79 Å². The highest BCUT2D eigenvalue weighted by molar-refractivity contribution is 7.17. The molecule has 8 nitrogen and oxygen atoms in total. The third-order valence-electron chi connectivity index (χ3n) is 9.14. The van der Waals surface area contributed by atoms with E-state index in [4.69, 9.17) is 9.47 Å². The van der Waals surface area contributed by atoms with Crippen molar-refractivity contribution in [1.82, 2.24) is 9.80 Å². The van der Waals surface area contributed by atoms with E-state index in [1.807, 2.05) is 23.5 Å². The van der Waals surface area contributed by atoms with E-state index in [1.54, 1.807) is 9.80 Å². The molecule has 0 saturated carbocycles. The van der Waals surface area contributed by atoms with Gasteiger partial charge in [0.15, 0.2) is 6.73 Å². The summed E-state index contributed by atoms with van der Waals surface area (Å²) in [5.41, 5.74) is 2.92. The zero-order valence-electron chi connectivity index (χ0n) is 25.6. The minimum absolute atomic E-state index is 0.0341. The number of likely N-dealkylation sites (tertiary alicyclic amines) is 1. The first-order chi connectivity index (χ1) is 20.9. The van der Waals surface area contributed by atoms with Gasteiger partial charge in [0.25, 0.3) is 0 Å². The summed E-state index contributed by atoms with van der Waals surface area (Å²) in [6.07, 6.45) is 5.22. The molecule has 0 N–H and O–H groups in total. The minimum Gasteiger partial charge on any atom is -0.494 e. The van der Waals surface area contributed by atoms with Crippen LogP contribution in [0.3, 0.4) is 0 Å². The minimum atomic E-state index is -0.340. The Kier molecular flexibility index (Phi) is 9.09. The number of hydrogen-bond acceptors (Lipinski definition) is 7. The molecule has 2 fully saturated rings. The van der Waals surface area contributed by atoms with Crippen LogP contribution in [0.1, 0.15) is 57.9 Å². The Hall–Kier alpha value is -3.30. The van der Waals surface area contributed by atoms with Crippen molar-refractivity contribution in [1.29, 1.82) is 0 Å². The summed E-state index contributed by atoms with van der Waals surface area (Å²) in [6, 6.07) is 14.9. The molecule has 6 rings (SSSR count). The van der Waals surface area contributed by atoms with Gasteiger partial charge in [0.1, 0.15) is 5.75 Å². The number of piperidine rings is 1. The number of thiophene rings is 1. The molecule has 0 spiro atoms. The van der Waals surface area contributed by atoms with Crippen LogP contribution in [0.15, 0.2) is 47.8 Å². The molecule has 0 bridgehead atoms. The summed E-state index contributed by atoms with van der Waals surface area (Å²) < 4.78 is 13.1. The molecular formula is C34H44N4O4S. The van der Waals surface area contributed by atoms with Crippen molar-refractivity contribution in [3.8, 4) is 5.75 Å². The van der Waals surface area contributed by atoms with E-state index >= 15 is 0 Å². The van der Waals surface area contributed by atoms with Gasteiger partial charge in [0, 0.05) is 72.9 Å². The number of rotatable bonds is 9. The lowest BCUT2D eigenvalue weighted by Crippen LogP contribution is -2.46. The van der Waals surface area contributed by atoms with E-state index in [1.165, 1.54) is 15.8 Å². The maximum absolute atomic E-state index is 13.1. The number of carbonyl (C=O) groups is 2. The largest absolute Gasteiger partial charge is 0.494 e. The molecule has 3 aliphatic heterocycles. The highest BCUT2D eigenvalue weighted by Gasteiger charge is 2.37. The van der Waals surface area contributed by atoms with E-state index in [9.17, 15) is 9.59 Å². The van der Waals surface area contributed by atoms with Crippen LogP contribution in [0.5, 0.6) is 5.75 Å². The van der Waals surface area contributed by atoms with E-state index < -0.39 is 0 Å². The third-order valence-corrected chi connectivity index (χ3v) is 10.0. The number of hydrogen-bond donors (Lipinski definition) is 0. The first-order valence-electron chi connectivity index (χ1n) is 15.8. The maximum Gasteiger partial charge on any atom is 0.411 e. The first kappa shape index (κ1) is 29.8. The molecule has 43 heavy (non-hydrogen) atoms. The molecule has 2 amide bonds. The van der Waals surface area contributed by atoms with Crippen molar-refractivity contribution in [2.45, 2.75) is 57.8 Å². The van der Waals surface area contributed by atoms with E-state index in [2.05, 4.69) is 59.4 Å². The Balaban J connectivity index is 0.980. The third kappa shape index (κ3) is 6.78. The van der Waals surface area contributed by atoms with Gasteiger partial charge in [-0.1, -0.05) is 26.0 Å². The quantitative estimate of drug-likeness (QED) is 0.261. The molecular weight excluding hydrogens is 560 g/mol. The predicted octanol–water partition coefficient (Wildman–Crippen LogP) is 6.48. The second kappa shape index (κ2) is 13.1. The molecule has 0 unspecified atom stereocenters. The SMILES string of the molecule is CC1(C)CC(=O)N(COC(=O)N2CCCCC2)c2cc(OCCCCN3CCN(c4cccc5sccc45)CC3)ccc21. The van der Waals surface area contributed by atoms with Crippen molar-refractivity contribution in [2.75, 3.05) is 69.0 Å². The molecule has 4 heterocycles. The molecule has 0 aliphatic carbocycles. The van der Waals surface area contributed by atoms with Gasteiger partial charge in [-0.05, 0) is 73.9 Å². The normalized spacial score (nSPS) is 19.0. The van der Waals surface area contributed by atoms with Crippen molar-refractivity contribution >= 4 is 44.8 Å². The van der Waals surface area contributed by atoms with Gasteiger partial charge in [-0.2, -0.15) is 0 Å². The summed E-state index contributed by atoms with van der Waals surface area (Å²) in [4.78, 5) is 34.2. The number of piperazine rings is 1. The smallest absolute Gasteiger partial charge is 0.411 e. The number of amides is 2. The van der Waals surface area contributed by atoms with Gasteiger partial charge in [-0.15, -0.1) is 11.3 Å². The van der Waals surface area contributed by atoms with Crippen molar-refractivity contribution in [3.05, 3.63) is 53.4 Å².